The van der Waals surface area contributed by atoms with Crippen LogP contribution in [0.3, 0.4) is 0 Å². The number of aliphatic hydroxyl groups excluding tert-OH is 1. The number of carbonyl (C=O) groups is 2. The molecule has 2 amide bonds. The number of nitrogens with zero attached hydrogens (tertiary/aromatic N) is 1. The third-order valence-electron chi connectivity index (χ3n) is 6.77. The van der Waals surface area contributed by atoms with Crippen molar-refractivity contribution in [2.75, 3.05) is 11.9 Å². The number of ether oxygens (including phenoxy) is 2. The number of rotatable bonds is 7. The van der Waals surface area contributed by atoms with E-state index in [0.29, 0.717) is 23.4 Å². The van der Waals surface area contributed by atoms with E-state index in [0.717, 1.165) is 11.1 Å². The molecule has 5 atom stereocenters. The SMILES string of the molecule is C[C@@H](NC(=O)C[C@@H]1C[C@H]2c3cc(NC(=O)c4cccnc4)ccc3O[C@H]2[C@H](CO)O1)c1ccccc1. The maximum atomic E-state index is 12.8. The second kappa shape index (κ2) is 10.5. The molecule has 2 aromatic carbocycles. The van der Waals surface area contributed by atoms with Crippen molar-refractivity contribution in [2.24, 2.45) is 0 Å². The molecule has 5 rings (SSSR count). The molecule has 1 aromatic heterocycles. The zero-order chi connectivity index (χ0) is 25.1. The summed E-state index contributed by atoms with van der Waals surface area (Å²) in [4.78, 5) is 29.4. The summed E-state index contributed by atoms with van der Waals surface area (Å²) in [6.07, 6.45) is 2.62. The minimum Gasteiger partial charge on any atom is -0.487 e. The van der Waals surface area contributed by atoms with Gasteiger partial charge in [-0.2, -0.15) is 0 Å². The first-order valence-electron chi connectivity index (χ1n) is 12.1. The average molecular weight is 488 g/mol. The summed E-state index contributed by atoms with van der Waals surface area (Å²) in [6.45, 7) is 1.74. The van der Waals surface area contributed by atoms with Gasteiger partial charge in [-0.05, 0) is 49.2 Å². The van der Waals surface area contributed by atoms with Gasteiger partial charge in [0.05, 0.1) is 30.7 Å². The van der Waals surface area contributed by atoms with E-state index in [1.165, 1.54) is 6.20 Å². The number of pyridine rings is 1. The lowest BCUT2D eigenvalue weighted by molar-refractivity contribution is -0.142. The van der Waals surface area contributed by atoms with E-state index >= 15 is 0 Å². The normalized spacial score (nSPS) is 23.1. The van der Waals surface area contributed by atoms with Gasteiger partial charge in [0.1, 0.15) is 18.0 Å². The molecule has 1 fully saturated rings. The highest BCUT2D eigenvalue weighted by molar-refractivity contribution is 6.04. The fourth-order valence-electron chi connectivity index (χ4n) is 5.00. The molecule has 8 heteroatoms. The van der Waals surface area contributed by atoms with Crippen LogP contribution < -0.4 is 15.4 Å². The van der Waals surface area contributed by atoms with Crippen molar-refractivity contribution in [1.82, 2.24) is 10.3 Å². The van der Waals surface area contributed by atoms with Crippen molar-refractivity contribution in [3.05, 3.63) is 89.7 Å². The van der Waals surface area contributed by atoms with E-state index in [4.69, 9.17) is 9.47 Å². The molecular weight excluding hydrogens is 458 g/mol. The van der Waals surface area contributed by atoms with Crippen molar-refractivity contribution in [3.63, 3.8) is 0 Å². The molecule has 0 aliphatic carbocycles. The first-order valence-corrected chi connectivity index (χ1v) is 12.1. The molecule has 0 unspecified atom stereocenters. The van der Waals surface area contributed by atoms with E-state index in [1.54, 1.807) is 24.4 Å². The second-order valence-corrected chi connectivity index (χ2v) is 9.26. The third kappa shape index (κ3) is 5.10. The lowest BCUT2D eigenvalue weighted by atomic mass is 9.84. The van der Waals surface area contributed by atoms with Gasteiger partial charge in [-0.15, -0.1) is 0 Å². The van der Waals surface area contributed by atoms with Crippen LogP contribution in [-0.4, -0.2) is 46.8 Å². The Hall–Kier alpha value is -3.75. The minimum absolute atomic E-state index is 0.0644. The zero-order valence-electron chi connectivity index (χ0n) is 20.0. The van der Waals surface area contributed by atoms with Crippen LogP contribution in [0.5, 0.6) is 5.75 Å². The van der Waals surface area contributed by atoms with Crippen LogP contribution in [0.25, 0.3) is 0 Å². The highest BCUT2D eigenvalue weighted by Gasteiger charge is 2.46. The van der Waals surface area contributed by atoms with Crippen LogP contribution in [-0.2, 0) is 9.53 Å². The van der Waals surface area contributed by atoms with Crippen LogP contribution in [0.1, 0.15) is 53.2 Å². The number of hydrogen-bond donors (Lipinski definition) is 3. The van der Waals surface area contributed by atoms with Crippen molar-refractivity contribution < 1.29 is 24.2 Å². The lowest BCUT2D eigenvalue weighted by Gasteiger charge is -2.37. The quantitative estimate of drug-likeness (QED) is 0.470. The monoisotopic (exact) mass is 487 g/mol. The number of nitrogens with one attached hydrogen (secondary N) is 2. The largest absolute Gasteiger partial charge is 0.487 e. The van der Waals surface area contributed by atoms with Gasteiger partial charge in [-0.1, -0.05) is 30.3 Å². The molecule has 3 N–H and O–H groups in total. The van der Waals surface area contributed by atoms with Gasteiger partial charge in [0.2, 0.25) is 5.91 Å². The van der Waals surface area contributed by atoms with Crippen molar-refractivity contribution in [2.45, 2.75) is 50.0 Å². The molecule has 1 saturated heterocycles. The van der Waals surface area contributed by atoms with E-state index in [-0.39, 0.29) is 49.0 Å². The molecule has 2 aliphatic rings. The molecule has 3 heterocycles. The summed E-state index contributed by atoms with van der Waals surface area (Å²) in [5.74, 6) is 0.281. The molecule has 2 aliphatic heterocycles. The van der Waals surface area contributed by atoms with Gasteiger partial charge in [0.15, 0.2) is 0 Å². The second-order valence-electron chi connectivity index (χ2n) is 9.26. The van der Waals surface area contributed by atoms with Crippen LogP contribution in [0, 0.1) is 0 Å². The van der Waals surface area contributed by atoms with Gasteiger partial charge >= 0.3 is 0 Å². The average Bonchev–Trinajstić information content (AvgIpc) is 3.27. The van der Waals surface area contributed by atoms with Crippen LogP contribution in [0.15, 0.2) is 73.1 Å². The Morgan fingerprint density at radius 3 is 2.72 bits per heavy atom. The summed E-state index contributed by atoms with van der Waals surface area (Å²) < 4.78 is 12.2. The van der Waals surface area contributed by atoms with Gasteiger partial charge in [0.25, 0.3) is 5.91 Å². The molecule has 0 spiro atoms. The Morgan fingerprint density at radius 2 is 1.97 bits per heavy atom. The first-order chi connectivity index (χ1) is 17.5. The third-order valence-corrected chi connectivity index (χ3v) is 6.77. The number of fused-ring (bicyclic) bond motifs is 3. The summed E-state index contributed by atoms with van der Waals surface area (Å²) in [5, 5.41) is 15.9. The Bertz CT molecular complexity index is 1220. The van der Waals surface area contributed by atoms with Crippen LogP contribution in [0.4, 0.5) is 5.69 Å². The van der Waals surface area contributed by atoms with E-state index < -0.39 is 6.10 Å². The number of benzene rings is 2. The summed E-state index contributed by atoms with van der Waals surface area (Å²) in [7, 11) is 0. The molecule has 186 valence electrons. The zero-order valence-corrected chi connectivity index (χ0v) is 20.0. The van der Waals surface area contributed by atoms with Crippen molar-refractivity contribution >= 4 is 17.5 Å². The van der Waals surface area contributed by atoms with Crippen molar-refractivity contribution in [3.8, 4) is 5.75 Å². The van der Waals surface area contributed by atoms with Gasteiger partial charge in [-0.25, -0.2) is 0 Å². The maximum absolute atomic E-state index is 12.8. The highest BCUT2D eigenvalue weighted by atomic mass is 16.6. The molecule has 3 aromatic rings. The predicted octanol–water partition coefficient (Wildman–Crippen LogP) is 3.60. The maximum Gasteiger partial charge on any atom is 0.257 e. The number of aliphatic hydroxyl groups is 1. The molecule has 36 heavy (non-hydrogen) atoms. The van der Waals surface area contributed by atoms with Crippen molar-refractivity contribution in [1.29, 1.82) is 0 Å². The van der Waals surface area contributed by atoms with Gasteiger partial charge in [-0.3, -0.25) is 14.6 Å². The Morgan fingerprint density at radius 1 is 1.14 bits per heavy atom. The number of anilines is 1. The fraction of sp³-hybridized carbons (Fsp3) is 0.321. The molecule has 0 radical (unpaired) electrons. The Labute approximate surface area is 209 Å². The summed E-state index contributed by atoms with van der Waals surface area (Å²) >= 11 is 0. The van der Waals surface area contributed by atoms with Crippen LogP contribution >= 0.6 is 0 Å². The Balaban J connectivity index is 1.28. The smallest absolute Gasteiger partial charge is 0.257 e. The van der Waals surface area contributed by atoms with E-state index in [9.17, 15) is 14.7 Å². The van der Waals surface area contributed by atoms with Crippen LogP contribution in [0.2, 0.25) is 0 Å². The highest BCUT2D eigenvalue weighted by Crippen LogP contribution is 2.47. The number of amides is 2. The molecule has 8 nitrogen and oxygen atoms in total. The number of hydrogen-bond acceptors (Lipinski definition) is 6. The minimum atomic E-state index is -0.547. The summed E-state index contributed by atoms with van der Waals surface area (Å²) in [5.41, 5.74) is 3.08. The van der Waals surface area contributed by atoms with Gasteiger partial charge in [0, 0.05) is 29.6 Å². The molecule has 0 bridgehead atoms. The standard InChI is InChI=1S/C28H29N3O5/c1-17(18-6-3-2-4-7-18)30-26(33)14-21-13-23-22-12-20(31-28(34)19-8-5-11-29-15-19)9-10-24(22)36-27(23)25(16-32)35-21/h2-12,15,17,21,23,25,27,32H,13-14,16H2,1H3,(H,30,33)(H,31,34)/t17-,21+,23+,25+,27-/m1/s1. The van der Waals surface area contributed by atoms with Gasteiger partial charge < -0.3 is 25.2 Å². The Kier molecular flexibility index (Phi) is 6.97. The number of aromatic nitrogens is 1. The van der Waals surface area contributed by atoms with E-state index in [2.05, 4.69) is 15.6 Å². The number of carbonyl (C=O) groups excluding carboxylic acids is 2. The topological polar surface area (TPSA) is 110 Å². The summed E-state index contributed by atoms with van der Waals surface area (Å²) in [6, 6.07) is 18.6. The fourth-order valence-corrected chi connectivity index (χ4v) is 5.00. The lowest BCUT2D eigenvalue weighted by Crippen LogP contribution is -2.47. The first kappa shape index (κ1) is 24.0. The molecule has 0 saturated carbocycles. The predicted molar refractivity (Wildman–Crippen MR) is 134 cm³/mol. The van der Waals surface area contributed by atoms with E-state index in [1.807, 2.05) is 49.4 Å². The molecular formula is C28H29N3O5.